The molecule has 0 aliphatic carbocycles. The predicted molar refractivity (Wildman–Crippen MR) is 110 cm³/mol. The Morgan fingerprint density at radius 3 is 2.55 bits per heavy atom. The van der Waals surface area contributed by atoms with E-state index < -0.39 is 37.0 Å². The van der Waals surface area contributed by atoms with Gasteiger partial charge in [0.15, 0.2) is 17.8 Å². The maximum Gasteiger partial charge on any atom is 0.229 e. The fourth-order valence-electron chi connectivity index (χ4n) is 3.52. The summed E-state index contributed by atoms with van der Waals surface area (Å²) in [5.41, 5.74) is 1.40. The average Bonchev–Trinajstić information content (AvgIpc) is 2.82. The van der Waals surface area contributed by atoms with Gasteiger partial charge >= 0.3 is 0 Å². The van der Waals surface area contributed by atoms with Gasteiger partial charge in [0.05, 0.1) is 13.7 Å². The number of hydrogen-bond acceptors (Lipinski definition) is 8. The third kappa shape index (κ3) is 4.79. The Balaban J connectivity index is 1.42. The van der Waals surface area contributed by atoms with Gasteiger partial charge in [-0.3, -0.25) is 4.79 Å². The van der Waals surface area contributed by atoms with Crippen LogP contribution in [-0.2, 0) is 14.2 Å². The monoisotopic (exact) mass is 428 g/mol. The summed E-state index contributed by atoms with van der Waals surface area (Å²) in [7, 11) is 1.44. The molecule has 8 nitrogen and oxygen atoms in total. The number of ether oxygens (including phenoxy) is 5. The van der Waals surface area contributed by atoms with E-state index in [1.807, 2.05) is 36.4 Å². The molecule has 2 saturated heterocycles. The zero-order valence-electron chi connectivity index (χ0n) is 16.9. The van der Waals surface area contributed by atoms with Crippen molar-refractivity contribution in [2.45, 2.75) is 37.0 Å². The van der Waals surface area contributed by atoms with E-state index >= 15 is 0 Å². The molecular weight excluding hydrogens is 404 g/mol. The lowest BCUT2D eigenvalue weighted by molar-refractivity contribution is -0.338. The summed E-state index contributed by atoms with van der Waals surface area (Å²) in [5.74, 6) is 0.573. The summed E-state index contributed by atoms with van der Waals surface area (Å²) in [6.45, 7) is 0.152. The third-order valence-electron chi connectivity index (χ3n) is 5.17. The molecule has 4 rings (SSSR count). The molecular formula is C23H24O8. The van der Waals surface area contributed by atoms with Crippen LogP contribution in [0.25, 0.3) is 6.08 Å². The summed E-state index contributed by atoms with van der Waals surface area (Å²) in [6, 6.07) is 14.3. The third-order valence-corrected chi connectivity index (χ3v) is 5.17. The van der Waals surface area contributed by atoms with Gasteiger partial charge in [-0.05, 0) is 29.8 Å². The number of benzene rings is 2. The quantitative estimate of drug-likeness (QED) is 0.672. The molecule has 2 aliphatic heterocycles. The highest BCUT2D eigenvalue weighted by Gasteiger charge is 2.49. The largest absolute Gasteiger partial charge is 0.493 e. The van der Waals surface area contributed by atoms with Crippen molar-refractivity contribution in [3.8, 4) is 11.5 Å². The van der Waals surface area contributed by atoms with Crippen molar-refractivity contribution in [2.75, 3.05) is 13.7 Å². The van der Waals surface area contributed by atoms with Gasteiger partial charge in [-0.1, -0.05) is 36.4 Å². The molecule has 0 aromatic heterocycles. The van der Waals surface area contributed by atoms with Gasteiger partial charge in [0, 0.05) is 5.56 Å². The van der Waals surface area contributed by atoms with Gasteiger partial charge in [0.2, 0.25) is 6.29 Å². The number of aliphatic hydroxyl groups is 2. The van der Waals surface area contributed by atoms with Crippen LogP contribution >= 0.6 is 0 Å². The fraction of sp³-hybridized carbons (Fsp3) is 0.348. The molecule has 2 N–H and O–H groups in total. The Hall–Kier alpha value is -2.75. The van der Waals surface area contributed by atoms with E-state index in [1.54, 1.807) is 12.1 Å². The number of methoxy groups -OCH3 is 1. The first-order valence-electron chi connectivity index (χ1n) is 9.91. The van der Waals surface area contributed by atoms with Crippen LogP contribution < -0.4 is 9.47 Å². The first-order chi connectivity index (χ1) is 15.1. The Kier molecular flexibility index (Phi) is 6.64. The summed E-state index contributed by atoms with van der Waals surface area (Å²) in [5, 5.41) is 21.2. The minimum Gasteiger partial charge on any atom is -0.493 e. The van der Waals surface area contributed by atoms with Crippen LogP contribution in [0, 0.1) is 0 Å². The van der Waals surface area contributed by atoms with Crippen LogP contribution in [0.1, 0.15) is 15.9 Å². The molecule has 31 heavy (non-hydrogen) atoms. The summed E-state index contributed by atoms with van der Waals surface area (Å²) in [6.07, 6.45) is -1.60. The van der Waals surface area contributed by atoms with Crippen molar-refractivity contribution in [2.24, 2.45) is 0 Å². The maximum absolute atomic E-state index is 11.0. The lowest BCUT2D eigenvalue weighted by Crippen LogP contribution is -2.63. The van der Waals surface area contributed by atoms with Gasteiger partial charge in [0.25, 0.3) is 0 Å². The first-order valence-corrected chi connectivity index (χ1v) is 9.91. The van der Waals surface area contributed by atoms with Crippen molar-refractivity contribution in [1.29, 1.82) is 0 Å². The number of fused-ring (bicyclic) bond motifs is 1. The standard InChI is InChI=1S/C23H24O8/c1-27-17-11-15(12-24)7-9-16(17)29-23-21(26)20(25)22-18(30-23)13-28-19(31-22)10-8-14-5-3-2-4-6-14/h2-12,18-23,25-26H,13H2,1H3/t18-,19?,20-,21-,22-,23-/m1/s1. The number of aldehydes is 1. The van der Waals surface area contributed by atoms with Crippen molar-refractivity contribution < 1.29 is 38.7 Å². The van der Waals surface area contributed by atoms with Crippen molar-refractivity contribution in [3.63, 3.8) is 0 Å². The zero-order valence-corrected chi connectivity index (χ0v) is 16.9. The normalized spacial score (nSPS) is 30.5. The van der Waals surface area contributed by atoms with E-state index in [-0.39, 0.29) is 12.4 Å². The molecule has 0 radical (unpaired) electrons. The lowest BCUT2D eigenvalue weighted by Gasteiger charge is -2.45. The van der Waals surface area contributed by atoms with Gasteiger partial charge in [0.1, 0.15) is 30.7 Å². The minimum atomic E-state index is -1.37. The van der Waals surface area contributed by atoms with Gasteiger partial charge in [-0.25, -0.2) is 0 Å². The van der Waals surface area contributed by atoms with Crippen molar-refractivity contribution >= 4 is 12.4 Å². The second-order valence-electron chi connectivity index (χ2n) is 7.24. The van der Waals surface area contributed by atoms with Crippen LogP contribution in [0.5, 0.6) is 11.5 Å². The van der Waals surface area contributed by atoms with Gasteiger partial charge < -0.3 is 33.9 Å². The Labute approximate surface area is 179 Å². The number of rotatable bonds is 6. The summed E-state index contributed by atoms with van der Waals surface area (Å²) >= 11 is 0. The molecule has 0 saturated carbocycles. The van der Waals surface area contributed by atoms with Gasteiger partial charge in [-0.2, -0.15) is 0 Å². The van der Waals surface area contributed by atoms with E-state index in [4.69, 9.17) is 23.7 Å². The second-order valence-corrected chi connectivity index (χ2v) is 7.24. The number of carbonyl (C=O) groups excluding carboxylic acids is 1. The molecule has 164 valence electrons. The van der Waals surface area contributed by atoms with Crippen LogP contribution in [-0.4, -0.2) is 67.2 Å². The van der Waals surface area contributed by atoms with E-state index in [2.05, 4.69) is 0 Å². The molecule has 2 aromatic rings. The SMILES string of the molecule is COc1cc(C=O)ccc1O[C@@H]1O[C@@H]2COC(C=Cc3ccccc3)O[C@H]2[C@H](O)[C@H]1O. The molecule has 2 aromatic carbocycles. The van der Waals surface area contributed by atoms with Crippen LogP contribution in [0.3, 0.4) is 0 Å². The Morgan fingerprint density at radius 2 is 1.81 bits per heavy atom. The maximum atomic E-state index is 11.0. The molecule has 2 fully saturated rings. The number of aliphatic hydroxyl groups excluding tert-OH is 2. The van der Waals surface area contributed by atoms with E-state index in [9.17, 15) is 15.0 Å². The van der Waals surface area contributed by atoms with Crippen LogP contribution in [0.15, 0.2) is 54.6 Å². The lowest BCUT2D eigenvalue weighted by atomic mass is 9.98. The van der Waals surface area contributed by atoms with Crippen LogP contribution in [0.4, 0.5) is 0 Å². The molecule has 0 spiro atoms. The summed E-state index contributed by atoms with van der Waals surface area (Å²) in [4.78, 5) is 11.0. The second kappa shape index (κ2) is 9.59. The topological polar surface area (TPSA) is 104 Å². The van der Waals surface area contributed by atoms with E-state index in [1.165, 1.54) is 19.2 Å². The number of hydrogen-bond donors (Lipinski definition) is 2. The highest BCUT2D eigenvalue weighted by Crippen LogP contribution is 2.34. The van der Waals surface area contributed by atoms with Crippen molar-refractivity contribution in [1.82, 2.24) is 0 Å². The zero-order chi connectivity index (χ0) is 21.8. The smallest absolute Gasteiger partial charge is 0.229 e. The van der Waals surface area contributed by atoms with Crippen molar-refractivity contribution in [3.05, 3.63) is 65.7 Å². The summed E-state index contributed by atoms with van der Waals surface area (Å²) < 4.78 is 28.3. The number of carbonyl (C=O) groups is 1. The predicted octanol–water partition coefficient (Wildman–Crippen LogP) is 1.79. The molecule has 2 heterocycles. The molecule has 6 atom stereocenters. The minimum absolute atomic E-state index is 0.152. The van der Waals surface area contributed by atoms with Gasteiger partial charge in [-0.15, -0.1) is 0 Å². The molecule has 8 heteroatoms. The molecule has 0 bridgehead atoms. The fourth-order valence-corrected chi connectivity index (χ4v) is 3.52. The Morgan fingerprint density at radius 1 is 1.00 bits per heavy atom. The Bertz CT molecular complexity index is 913. The van der Waals surface area contributed by atoms with E-state index in [0.717, 1.165) is 5.56 Å². The first kappa shape index (κ1) is 21.5. The van der Waals surface area contributed by atoms with Crippen LogP contribution in [0.2, 0.25) is 0 Å². The van der Waals surface area contributed by atoms with E-state index in [0.29, 0.717) is 17.6 Å². The highest BCUT2D eigenvalue weighted by atomic mass is 16.8. The molecule has 1 unspecified atom stereocenters. The molecule has 2 aliphatic rings. The highest BCUT2D eigenvalue weighted by molar-refractivity contribution is 5.76. The average molecular weight is 428 g/mol. The molecule has 0 amide bonds.